The molecule has 2 atom stereocenters. The van der Waals surface area contributed by atoms with E-state index in [1.54, 1.807) is 60.3 Å². The average molecular weight is 501 g/mol. The van der Waals surface area contributed by atoms with Crippen LogP contribution in [-0.2, 0) is 4.79 Å². The minimum Gasteiger partial charge on any atom is -0.497 e. The van der Waals surface area contributed by atoms with Gasteiger partial charge in [-0.3, -0.25) is 4.79 Å². The van der Waals surface area contributed by atoms with E-state index in [-0.39, 0.29) is 5.82 Å². The average Bonchev–Trinajstić information content (AvgIpc) is 3.24. The van der Waals surface area contributed by atoms with E-state index in [9.17, 15) is 22.4 Å². The molecule has 0 bridgehead atoms. The Morgan fingerprint density at radius 3 is 2.47 bits per heavy atom. The zero-order valence-electron chi connectivity index (χ0n) is 19.6. The van der Waals surface area contributed by atoms with Crippen molar-refractivity contribution in [2.75, 3.05) is 7.11 Å². The maximum atomic E-state index is 13.3. The fraction of sp³-hybridized carbons (Fsp3) is 0.231. The molecule has 0 spiro atoms. The highest BCUT2D eigenvalue weighted by Crippen LogP contribution is 2.33. The van der Waals surface area contributed by atoms with Crippen molar-refractivity contribution in [3.05, 3.63) is 83.8 Å². The van der Waals surface area contributed by atoms with Gasteiger partial charge >= 0.3 is 12.1 Å². The normalized spacial score (nSPS) is 13.3. The molecule has 10 heteroatoms. The predicted octanol–water partition coefficient (Wildman–Crippen LogP) is 5.67. The highest BCUT2D eigenvalue weighted by Gasteiger charge is 2.40. The second kappa shape index (κ2) is 9.88. The van der Waals surface area contributed by atoms with Gasteiger partial charge in [0.1, 0.15) is 23.4 Å². The summed E-state index contributed by atoms with van der Waals surface area (Å²) in [7, 11) is 1.47. The molecule has 36 heavy (non-hydrogen) atoms. The van der Waals surface area contributed by atoms with Gasteiger partial charge in [-0.05, 0) is 73.5 Å². The number of ether oxygens (including phenoxy) is 2. The van der Waals surface area contributed by atoms with Crippen molar-refractivity contribution in [2.45, 2.75) is 32.2 Å². The van der Waals surface area contributed by atoms with Crippen molar-refractivity contribution >= 4 is 16.8 Å². The first-order valence-electron chi connectivity index (χ1n) is 11.0. The summed E-state index contributed by atoms with van der Waals surface area (Å²) >= 11 is 0. The summed E-state index contributed by atoms with van der Waals surface area (Å²) in [5.41, 5.74) is 2.61. The number of nitrogens with one attached hydrogen (secondary N) is 1. The molecule has 1 unspecified atom stereocenters. The van der Waals surface area contributed by atoms with Gasteiger partial charge in [-0.15, -0.1) is 0 Å². The number of hydrogen-bond acceptors (Lipinski definition) is 4. The Morgan fingerprint density at radius 2 is 1.81 bits per heavy atom. The number of fused-ring (bicyclic) bond motifs is 1. The molecule has 188 valence electrons. The first-order valence-corrected chi connectivity index (χ1v) is 11.0. The summed E-state index contributed by atoms with van der Waals surface area (Å²) in [5, 5.41) is 7.07. The van der Waals surface area contributed by atoms with Crippen LogP contribution in [-0.4, -0.2) is 35.0 Å². The highest BCUT2D eigenvalue weighted by atomic mass is 19.4. The maximum Gasteiger partial charge on any atom is 0.471 e. The molecular formula is C26H23F4N3O3. The van der Waals surface area contributed by atoms with Crippen LogP contribution >= 0.6 is 0 Å². The van der Waals surface area contributed by atoms with Gasteiger partial charge in [0.15, 0.2) is 0 Å². The van der Waals surface area contributed by atoms with E-state index in [1.165, 1.54) is 26.2 Å². The van der Waals surface area contributed by atoms with Crippen LogP contribution in [0.1, 0.15) is 24.2 Å². The number of aromatic nitrogens is 2. The van der Waals surface area contributed by atoms with Gasteiger partial charge < -0.3 is 14.8 Å². The first kappa shape index (κ1) is 25.0. The van der Waals surface area contributed by atoms with Gasteiger partial charge in [-0.1, -0.05) is 12.1 Å². The van der Waals surface area contributed by atoms with E-state index in [0.717, 1.165) is 5.52 Å². The Kier molecular flexibility index (Phi) is 6.87. The van der Waals surface area contributed by atoms with E-state index >= 15 is 0 Å². The minimum absolute atomic E-state index is 0.364. The van der Waals surface area contributed by atoms with E-state index in [1.807, 2.05) is 11.4 Å². The SMILES string of the molecule is COc1cccc([C@@H](Oc2cc3cnn(-c4ccc(F)cc4)c3cc2C)C(C)NC(=O)C(F)(F)F)c1. The number of alkyl halides is 3. The number of nitrogens with zero attached hydrogens (tertiary/aromatic N) is 2. The van der Waals surface area contributed by atoms with E-state index < -0.39 is 24.2 Å². The molecule has 3 aromatic carbocycles. The Labute approximate surface area is 204 Å². The molecule has 0 aliphatic heterocycles. The number of aryl methyl sites for hydroxylation is 1. The van der Waals surface area contributed by atoms with Crippen molar-refractivity contribution in [2.24, 2.45) is 0 Å². The largest absolute Gasteiger partial charge is 0.497 e. The zero-order chi connectivity index (χ0) is 26.0. The van der Waals surface area contributed by atoms with Crippen molar-refractivity contribution in [3.63, 3.8) is 0 Å². The maximum absolute atomic E-state index is 13.3. The highest BCUT2D eigenvalue weighted by molar-refractivity contribution is 5.83. The van der Waals surface area contributed by atoms with Crippen molar-refractivity contribution < 1.29 is 31.8 Å². The van der Waals surface area contributed by atoms with Crippen LogP contribution in [0.5, 0.6) is 11.5 Å². The molecule has 0 fully saturated rings. The number of benzene rings is 3. The Bertz CT molecular complexity index is 1380. The Morgan fingerprint density at radius 1 is 1.08 bits per heavy atom. The number of carbonyl (C=O) groups is 1. The van der Waals surface area contributed by atoms with Gasteiger partial charge in [0.25, 0.3) is 0 Å². The summed E-state index contributed by atoms with van der Waals surface area (Å²) < 4.78 is 65.2. The lowest BCUT2D eigenvalue weighted by Gasteiger charge is -2.28. The van der Waals surface area contributed by atoms with Gasteiger partial charge in [0, 0.05) is 5.39 Å². The predicted molar refractivity (Wildman–Crippen MR) is 126 cm³/mol. The van der Waals surface area contributed by atoms with Gasteiger partial charge in [0.05, 0.1) is 30.6 Å². The molecule has 0 radical (unpaired) electrons. The van der Waals surface area contributed by atoms with E-state index in [2.05, 4.69) is 5.10 Å². The van der Waals surface area contributed by atoms with Crippen molar-refractivity contribution in [3.8, 4) is 17.2 Å². The number of carbonyl (C=O) groups excluding carboxylic acids is 1. The third-order valence-electron chi connectivity index (χ3n) is 5.68. The minimum atomic E-state index is -5.03. The topological polar surface area (TPSA) is 65.4 Å². The number of methoxy groups -OCH3 is 1. The van der Waals surface area contributed by atoms with Crippen molar-refractivity contribution in [1.29, 1.82) is 0 Å². The molecule has 1 N–H and O–H groups in total. The third-order valence-corrected chi connectivity index (χ3v) is 5.68. The number of amides is 1. The number of hydrogen-bond donors (Lipinski definition) is 1. The van der Waals surface area contributed by atoms with Gasteiger partial charge in [0.2, 0.25) is 0 Å². The molecule has 1 heterocycles. The molecule has 0 saturated carbocycles. The zero-order valence-corrected chi connectivity index (χ0v) is 19.6. The molecule has 1 aromatic heterocycles. The summed E-state index contributed by atoms with van der Waals surface area (Å²) in [5.74, 6) is -1.53. The molecule has 1 amide bonds. The molecule has 4 aromatic rings. The number of halogens is 4. The number of rotatable bonds is 7. The Balaban J connectivity index is 1.70. The first-order chi connectivity index (χ1) is 17.1. The monoisotopic (exact) mass is 501 g/mol. The van der Waals surface area contributed by atoms with E-state index in [0.29, 0.717) is 33.7 Å². The van der Waals surface area contributed by atoms with E-state index in [4.69, 9.17) is 9.47 Å². The second-order valence-corrected chi connectivity index (χ2v) is 8.28. The van der Waals surface area contributed by atoms with Crippen LogP contribution in [0.3, 0.4) is 0 Å². The third kappa shape index (κ3) is 5.27. The van der Waals surface area contributed by atoms with Crippen LogP contribution < -0.4 is 14.8 Å². The van der Waals surface area contributed by atoms with Crippen LogP contribution in [0.25, 0.3) is 16.6 Å². The Hall–Kier alpha value is -4.08. The second-order valence-electron chi connectivity index (χ2n) is 8.28. The van der Waals surface area contributed by atoms with Crippen molar-refractivity contribution in [1.82, 2.24) is 15.1 Å². The fourth-order valence-electron chi connectivity index (χ4n) is 3.85. The quantitative estimate of drug-likeness (QED) is 0.332. The molecule has 0 aliphatic carbocycles. The van der Waals surface area contributed by atoms with Crippen LogP contribution in [0.4, 0.5) is 17.6 Å². The lowest BCUT2D eigenvalue weighted by Crippen LogP contribution is -2.45. The standard InChI is InChI=1S/C26H23F4N3O3/c1-15-11-22-18(14-31-33(22)20-9-7-19(27)8-10-20)13-23(15)36-24(16(2)32-25(34)26(28,29)30)17-5-4-6-21(12-17)35-3/h4-14,16,24H,1-3H3,(H,32,34)/t16?,24-/m0/s1. The van der Waals surface area contributed by atoms with Crippen LogP contribution in [0.2, 0.25) is 0 Å². The summed E-state index contributed by atoms with van der Waals surface area (Å²) in [6.07, 6.45) is -4.38. The summed E-state index contributed by atoms with van der Waals surface area (Å²) in [4.78, 5) is 11.6. The molecule has 4 rings (SSSR count). The summed E-state index contributed by atoms with van der Waals surface area (Å²) in [6.45, 7) is 3.23. The molecule has 0 saturated heterocycles. The molecule has 6 nitrogen and oxygen atoms in total. The van der Waals surface area contributed by atoms with Gasteiger partial charge in [-0.25, -0.2) is 9.07 Å². The van der Waals surface area contributed by atoms with Gasteiger partial charge in [-0.2, -0.15) is 18.3 Å². The fourth-order valence-corrected chi connectivity index (χ4v) is 3.85. The van der Waals surface area contributed by atoms with Crippen LogP contribution in [0, 0.1) is 12.7 Å². The summed E-state index contributed by atoms with van der Waals surface area (Å²) in [6, 6.07) is 15.1. The lowest BCUT2D eigenvalue weighted by molar-refractivity contribution is -0.174. The lowest BCUT2D eigenvalue weighted by atomic mass is 10.0. The smallest absolute Gasteiger partial charge is 0.471 e. The van der Waals surface area contributed by atoms with Crippen LogP contribution in [0.15, 0.2) is 66.9 Å². The molecular weight excluding hydrogens is 478 g/mol. The molecule has 0 aliphatic rings.